The second-order valence-corrected chi connectivity index (χ2v) is 6.61. The highest BCUT2D eigenvalue weighted by molar-refractivity contribution is 5.92. The number of hydrogen-bond donors (Lipinski definition) is 1. The molecule has 2 aliphatic heterocycles. The Morgan fingerprint density at radius 3 is 2.68 bits per heavy atom. The van der Waals surface area contributed by atoms with Gasteiger partial charge in [0.15, 0.2) is 11.5 Å². The van der Waals surface area contributed by atoms with E-state index in [0.29, 0.717) is 55.9 Å². The van der Waals surface area contributed by atoms with E-state index >= 15 is 0 Å². The maximum absolute atomic E-state index is 12.5. The zero-order valence-corrected chi connectivity index (χ0v) is 15.6. The van der Waals surface area contributed by atoms with Crippen LogP contribution in [0.5, 0.6) is 11.5 Å². The summed E-state index contributed by atoms with van der Waals surface area (Å²) in [4.78, 5) is 36.4. The Kier molecular flexibility index (Phi) is 4.96. The molecule has 4 rings (SSSR count). The van der Waals surface area contributed by atoms with Crippen LogP contribution in [0.4, 0.5) is 5.95 Å². The van der Waals surface area contributed by atoms with Crippen molar-refractivity contribution >= 4 is 17.8 Å². The summed E-state index contributed by atoms with van der Waals surface area (Å²) in [5.41, 5.74) is 1.21. The molecule has 2 aliphatic rings. The number of nitrogens with one attached hydrogen (secondary N) is 1. The minimum Gasteiger partial charge on any atom is -0.454 e. The fraction of sp³-hybridized carbons (Fsp3) is 0.368. The van der Waals surface area contributed by atoms with E-state index in [1.54, 1.807) is 24.1 Å². The number of piperazine rings is 1. The summed E-state index contributed by atoms with van der Waals surface area (Å²) < 4.78 is 10.6. The van der Waals surface area contributed by atoms with Crippen molar-refractivity contribution < 1.29 is 19.1 Å². The highest BCUT2D eigenvalue weighted by atomic mass is 16.7. The van der Waals surface area contributed by atoms with E-state index in [-0.39, 0.29) is 18.6 Å². The first-order valence-electron chi connectivity index (χ1n) is 9.10. The molecule has 3 heterocycles. The smallest absolute Gasteiger partial charge is 0.270 e. The molecule has 1 aromatic heterocycles. The number of rotatable bonds is 4. The molecule has 0 spiro atoms. The van der Waals surface area contributed by atoms with Gasteiger partial charge in [0.25, 0.3) is 5.91 Å². The lowest BCUT2D eigenvalue weighted by Crippen LogP contribution is -2.48. The summed E-state index contributed by atoms with van der Waals surface area (Å²) in [6, 6.07) is 7.15. The summed E-state index contributed by atoms with van der Waals surface area (Å²) in [6.45, 7) is 4.67. The Labute approximate surface area is 162 Å². The first kappa shape index (κ1) is 18.0. The van der Waals surface area contributed by atoms with Crippen LogP contribution in [0.2, 0.25) is 0 Å². The van der Waals surface area contributed by atoms with Crippen molar-refractivity contribution in [2.24, 2.45) is 0 Å². The van der Waals surface area contributed by atoms with E-state index in [4.69, 9.17) is 9.47 Å². The number of hydrogen-bond acceptors (Lipinski definition) is 7. The molecule has 1 N–H and O–H groups in total. The average molecular weight is 383 g/mol. The van der Waals surface area contributed by atoms with Crippen molar-refractivity contribution in [3.05, 3.63) is 41.7 Å². The molecule has 0 radical (unpaired) electrons. The van der Waals surface area contributed by atoms with E-state index in [9.17, 15) is 9.59 Å². The Hall–Kier alpha value is -3.36. The van der Waals surface area contributed by atoms with Gasteiger partial charge in [-0.1, -0.05) is 6.07 Å². The molecule has 9 nitrogen and oxygen atoms in total. The fourth-order valence-electron chi connectivity index (χ4n) is 3.17. The minimum atomic E-state index is -0.274. The molecule has 146 valence electrons. The van der Waals surface area contributed by atoms with E-state index in [1.807, 2.05) is 23.1 Å². The van der Waals surface area contributed by atoms with Crippen LogP contribution in [0.15, 0.2) is 30.5 Å². The van der Waals surface area contributed by atoms with Crippen molar-refractivity contribution in [3.63, 3.8) is 0 Å². The number of carbonyl (C=O) groups is 2. The van der Waals surface area contributed by atoms with Crippen LogP contribution >= 0.6 is 0 Å². The number of benzene rings is 1. The van der Waals surface area contributed by atoms with Gasteiger partial charge in [0, 0.05) is 45.8 Å². The largest absolute Gasteiger partial charge is 0.454 e. The first-order valence-corrected chi connectivity index (χ1v) is 9.10. The van der Waals surface area contributed by atoms with E-state index < -0.39 is 0 Å². The van der Waals surface area contributed by atoms with Crippen LogP contribution in [0.3, 0.4) is 0 Å². The van der Waals surface area contributed by atoms with Gasteiger partial charge in [0.1, 0.15) is 5.69 Å². The molecule has 2 aromatic rings. The number of nitrogens with zero attached hydrogens (tertiary/aromatic N) is 4. The van der Waals surface area contributed by atoms with Crippen molar-refractivity contribution in [1.29, 1.82) is 0 Å². The molecule has 0 aliphatic carbocycles. The summed E-state index contributed by atoms with van der Waals surface area (Å²) in [5.74, 6) is 1.68. The van der Waals surface area contributed by atoms with Gasteiger partial charge >= 0.3 is 0 Å². The molecule has 0 atom stereocenters. The molecule has 1 saturated heterocycles. The fourth-order valence-corrected chi connectivity index (χ4v) is 3.17. The zero-order chi connectivity index (χ0) is 19.5. The third kappa shape index (κ3) is 3.83. The maximum atomic E-state index is 12.5. The van der Waals surface area contributed by atoms with Crippen LogP contribution in [0, 0.1) is 0 Å². The third-order valence-corrected chi connectivity index (χ3v) is 4.77. The van der Waals surface area contributed by atoms with Crippen molar-refractivity contribution in [2.75, 3.05) is 37.9 Å². The molecule has 2 amide bonds. The van der Waals surface area contributed by atoms with Gasteiger partial charge in [0.2, 0.25) is 18.6 Å². The second kappa shape index (κ2) is 7.71. The highest BCUT2D eigenvalue weighted by Gasteiger charge is 2.21. The Balaban J connectivity index is 1.37. The molecule has 0 unspecified atom stereocenters. The summed E-state index contributed by atoms with van der Waals surface area (Å²) >= 11 is 0. The predicted octanol–water partition coefficient (Wildman–Crippen LogP) is 0.804. The average Bonchev–Trinajstić information content (AvgIpc) is 3.20. The molecular formula is C19H21N5O4. The lowest BCUT2D eigenvalue weighted by Gasteiger charge is -2.34. The Bertz CT molecular complexity index is 896. The van der Waals surface area contributed by atoms with Crippen molar-refractivity contribution in [2.45, 2.75) is 13.5 Å². The van der Waals surface area contributed by atoms with Crippen LogP contribution in [0.25, 0.3) is 0 Å². The van der Waals surface area contributed by atoms with Gasteiger partial charge < -0.3 is 24.6 Å². The van der Waals surface area contributed by atoms with Crippen LogP contribution < -0.4 is 19.7 Å². The molecule has 0 saturated carbocycles. The van der Waals surface area contributed by atoms with Crippen molar-refractivity contribution in [1.82, 2.24) is 20.2 Å². The number of aromatic nitrogens is 2. The lowest BCUT2D eigenvalue weighted by molar-refractivity contribution is -0.129. The van der Waals surface area contributed by atoms with Gasteiger partial charge in [-0.2, -0.15) is 0 Å². The predicted molar refractivity (Wildman–Crippen MR) is 100 cm³/mol. The molecule has 1 aromatic carbocycles. The highest BCUT2D eigenvalue weighted by Crippen LogP contribution is 2.32. The van der Waals surface area contributed by atoms with Crippen LogP contribution in [0.1, 0.15) is 23.0 Å². The second-order valence-electron chi connectivity index (χ2n) is 6.61. The van der Waals surface area contributed by atoms with Gasteiger partial charge in [-0.3, -0.25) is 9.59 Å². The molecular weight excluding hydrogens is 362 g/mol. The SMILES string of the molecule is CC(=O)N1CCN(c2nccc(C(=O)NCc3ccc4c(c3)OCO4)n2)CC1. The quantitative estimate of drug-likeness (QED) is 0.834. The number of amides is 2. The van der Waals surface area contributed by atoms with Crippen LogP contribution in [-0.4, -0.2) is 59.7 Å². The molecule has 28 heavy (non-hydrogen) atoms. The number of ether oxygens (including phenoxy) is 2. The number of fused-ring (bicyclic) bond motifs is 1. The Morgan fingerprint density at radius 1 is 1.11 bits per heavy atom. The molecule has 0 bridgehead atoms. The molecule has 1 fully saturated rings. The first-order chi connectivity index (χ1) is 13.6. The van der Waals surface area contributed by atoms with Crippen LogP contribution in [-0.2, 0) is 11.3 Å². The summed E-state index contributed by atoms with van der Waals surface area (Å²) in [5, 5.41) is 2.86. The zero-order valence-electron chi connectivity index (χ0n) is 15.6. The van der Waals surface area contributed by atoms with E-state index in [0.717, 1.165) is 5.56 Å². The summed E-state index contributed by atoms with van der Waals surface area (Å²) in [6.07, 6.45) is 1.58. The topological polar surface area (TPSA) is 96.9 Å². The van der Waals surface area contributed by atoms with Gasteiger partial charge in [0.05, 0.1) is 0 Å². The number of carbonyl (C=O) groups excluding carboxylic acids is 2. The normalized spacial score (nSPS) is 15.5. The lowest BCUT2D eigenvalue weighted by atomic mass is 10.2. The van der Waals surface area contributed by atoms with Gasteiger partial charge in [-0.15, -0.1) is 0 Å². The monoisotopic (exact) mass is 383 g/mol. The third-order valence-electron chi connectivity index (χ3n) is 4.77. The Morgan fingerprint density at radius 2 is 1.89 bits per heavy atom. The summed E-state index contributed by atoms with van der Waals surface area (Å²) in [7, 11) is 0. The molecule has 9 heteroatoms. The van der Waals surface area contributed by atoms with E-state index in [2.05, 4.69) is 15.3 Å². The van der Waals surface area contributed by atoms with Gasteiger partial charge in [-0.05, 0) is 23.8 Å². The maximum Gasteiger partial charge on any atom is 0.270 e. The standard InChI is InChI=1S/C19H21N5O4/c1-13(25)23-6-8-24(9-7-23)19-20-5-4-15(22-19)18(26)21-11-14-2-3-16-17(10-14)28-12-27-16/h2-5,10H,6-9,11-12H2,1H3,(H,21,26). The number of anilines is 1. The van der Waals surface area contributed by atoms with Gasteiger partial charge in [-0.25, -0.2) is 9.97 Å². The minimum absolute atomic E-state index is 0.0669. The van der Waals surface area contributed by atoms with E-state index in [1.165, 1.54) is 0 Å². The van der Waals surface area contributed by atoms with Crippen molar-refractivity contribution in [3.8, 4) is 11.5 Å².